The Bertz CT molecular complexity index is 590. The van der Waals surface area contributed by atoms with Crippen molar-refractivity contribution in [3.05, 3.63) is 28.4 Å². The molecule has 0 bridgehead atoms. The summed E-state index contributed by atoms with van der Waals surface area (Å²) < 4.78 is 7.55. The fourth-order valence-corrected chi connectivity index (χ4v) is 2.25. The largest absolute Gasteiger partial charge is 0.464 e. The number of fused-ring (bicyclic) bond motifs is 1. The van der Waals surface area contributed by atoms with E-state index < -0.39 is 5.97 Å². The van der Waals surface area contributed by atoms with Crippen LogP contribution in [0.15, 0.2) is 22.7 Å². The number of carbonyl (C=O) groups is 1. The number of esters is 1. The van der Waals surface area contributed by atoms with Crippen molar-refractivity contribution in [1.29, 1.82) is 0 Å². The molecule has 0 unspecified atom stereocenters. The second-order valence-corrected chi connectivity index (χ2v) is 5.49. The van der Waals surface area contributed by atoms with Gasteiger partial charge in [-0.1, -0.05) is 29.8 Å². The molecule has 0 aliphatic carbocycles. The lowest BCUT2D eigenvalue weighted by atomic mass is 10.2. The standard InChI is InChI=1S/C13H15BrN2O2/c1-8(2)7-16-11-5-4-9(14)6-10(11)12(15-16)13(17)18-3/h4-6,8H,7H2,1-3H3. The van der Waals surface area contributed by atoms with E-state index in [4.69, 9.17) is 4.74 Å². The molecule has 1 heterocycles. The summed E-state index contributed by atoms with van der Waals surface area (Å²) in [5, 5.41) is 5.18. The van der Waals surface area contributed by atoms with Gasteiger partial charge in [0.15, 0.2) is 5.69 Å². The highest BCUT2D eigenvalue weighted by Gasteiger charge is 2.18. The van der Waals surface area contributed by atoms with Crippen LogP contribution in [0.4, 0.5) is 0 Å². The van der Waals surface area contributed by atoms with Gasteiger partial charge in [-0.2, -0.15) is 5.10 Å². The van der Waals surface area contributed by atoms with Crippen LogP contribution in [0.25, 0.3) is 10.9 Å². The number of methoxy groups -OCH3 is 1. The summed E-state index contributed by atoms with van der Waals surface area (Å²) in [6, 6.07) is 5.80. The second kappa shape index (κ2) is 5.10. The van der Waals surface area contributed by atoms with Gasteiger partial charge in [0.25, 0.3) is 0 Å². The Hall–Kier alpha value is -1.36. The van der Waals surface area contributed by atoms with Crippen LogP contribution < -0.4 is 0 Å². The minimum atomic E-state index is -0.402. The van der Waals surface area contributed by atoms with Gasteiger partial charge in [0.2, 0.25) is 0 Å². The quantitative estimate of drug-likeness (QED) is 0.817. The smallest absolute Gasteiger partial charge is 0.359 e. The molecule has 0 saturated carbocycles. The summed E-state index contributed by atoms with van der Waals surface area (Å²) in [6.45, 7) is 5.00. The van der Waals surface area contributed by atoms with Gasteiger partial charge in [-0.05, 0) is 24.1 Å². The van der Waals surface area contributed by atoms with Crippen molar-refractivity contribution in [2.45, 2.75) is 20.4 Å². The number of aromatic nitrogens is 2. The zero-order valence-corrected chi connectivity index (χ0v) is 12.2. The van der Waals surface area contributed by atoms with E-state index in [2.05, 4.69) is 34.9 Å². The molecule has 0 N–H and O–H groups in total. The van der Waals surface area contributed by atoms with Gasteiger partial charge in [0.05, 0.1) is 12.6 Å². The first-order valence-corrected chi connectivity index (χ1v) is 6.56. The monoisotopic (exact) mass is 310 g/mol. The lowest BCUT2D eigenvalue weighted by Crippen LogP contribution is -2.08. The third-order valence-corrected chi connectivity index (χ3v) is 3.12. The van der Waals surface area contributed by atoms with Crippen LogP contribution in [-0.4, -0.2) is 22.9 Å². The van der Waals surface area contributed by atoms with E-state index in [1.54, 1.807) is 0 Å². The van der Waals surface area contributed by atoms with Crippen LogP contribution in [-0.2, 0) is 11.3 Å². The zero-order valence-electron chi connectivity index (χ0n) is 10.6. The van der Waals surface area contributed by atoms with E-state index in [-0.39, 0.29) is 0 Å². The maximum atomic E-state index is 11.7. The first-order chi connectivity index (χ1) is 8.52. The molecule has 0 fully saturated rings. The Morgan fingerprint density at radius 1 is 1.50 bits per heavy atom. The average Bonchev–Trinajstić information content (AvgIpc) is 2.65. The third kappa shape index (κ3) is 2.41. The van der Waals surface area contributed by atoms with Crippen molar-refractivity contribution < 1.29 is 9.53 Å². The molecule has 0 atom stereocenters. The molecule has 0 saturated heterocycles. The number of hydrogen-bond donors (Lipinski definition) is 0. The first kappa shape index (κ1) is 13.1. The highest BCUT2D eigenvalue weighted by Crippen LogP contribution is 2.24. The van der Waals surface area contributed by atoms with E-state index in [0.717, 1.165) is 21.9 Å². The van der Waals surface area contributed by atoms with Crippen molar-refractivity contribution in [3.8, 4) is 0 Å². The summed E-state index contributed by atoms with van der Waals surface area (Å²) in [5.74, 6) is 0.0582. The lowest BCUT2D eigenvalue weighted by molar-refractivity contribution is 0.0595. The van der Waals surface area contributed by atoms with Crippen molar-refractivity contribution in [1.82, 2.24) is 9.78 Å². The van der Waals surface area contributed by atoms with Gasteiger partial charge in [0, 0.05) is 16.4 Å². The molecule has 4 nitrogen and oxygen atoms in total. The molecule has 1 aromatic carbocycles. The molecular formula is C13H15BrN2O2. The number of halogens is 1. The van der Waals surface area contributed by atoms with Gasteiger partial charge >= 0.3 is 5.97 Å². The van der Waals surface area contributed by atoms with Crippen LogP contribution in [0.3, 0.4) is 0 Å². The molecule has 0 radical (unpaired) electrons. The van der Waals surface area contributed by atoms with Gasteiger partial charge in [-0.25, -0.2) is 4.79 Å². The predicted octanol–water partition coefficient (Wildman–Crippen LogP) is 3.24. The number of rotatable bonds is 3. The van der Waals surface area contributed by atoms with Gasteiger partial charge in [-0.3, -0.25) is 4.68 Å². The average molecular weight is 311 g/mol. The van der Waals surface area contributed by atoms with E-state index in [1.807, 2.05) is 22.9 Å². The van der Waals surface area contributed by atoms with E-state index in [0.29, 0.717) is 11.6 Å². The predicted molar refractivity (Wildman–Crippen MR) is 73.6 cm³/mol. The number of benzene rings is 1. The van der Waals surface area contributed by atoms with Crippen molar-refractivity contribution >= 4 is 32.8 Å². The molecule has 0 amide bonds. The summed E-state index contributed by atoms with van der Waals surface area (Å²) in [5.41, 5.74) is 1.32. The molecule has 18 heavy (non-hydrogen) atoms. The minimum absolute atomic E-state index is 0.370. The van der Waals surface area contributed by atoms with E-state index >= 15 is 0 Å². The Balaban J connectivity index is 2.63. The molecule has 2 rings (SSSR count). The van der Waals surface area contributed by atoms with Crippen LogP contribution in [0.5, 0.6) is 0 Å². The van der Waals surface area contributed by atoms with Crippen LogP contribution in [0.1, 0.15) is 24.3 Å². The number of nitrogens with zero attached hydrogens (tertiary/aromatic N) is 2. The molecule has 5 heteroatoms. The first-order valence-electron chi connectivity index (χ1n) is 5.77. The molecule has 2 aromatic rings. The number of hydrogen-bond acceptors (Lipinski definition) is 3. The maximum Gasteiger partial charge on any atom is 0.359 e. The highest BCUT2D eigenvalue weighted by atomic mass is 79.9. The van der Waals surface area contributed by atoms with Gasteiger partial charge in [-0.15, -0.1) is 0 Å². The SMILES string of the molecule is COC(=O)c1nn(CC(C)C)c2ccc(Br)cc12. The van der Waals surface area contributed by atoms with Crippen molar-refractivity contribution in [2.24, 2.45) is 5.92 Å². The molecule has 0 aliphatic heterocycles. The Kier molecular flexibility index (Phi) is 3.71. The Labute approximate surface area is 114 Å². The Morgan fingerprint density at radius 2 is 2.22 bits per heavy atom. The molecule has 0 spiro atoms. The maximum absolute atomic E-state index is 11.7. The van der Waals surface area contributed by atoms with Crippen LogP contribution in [0.2, 0.25) is 0 Å². The summed E-state index contributed by atoms with van der Waals surface area (Å²) in [4.78, 5) is 11.7. The summed E-state index contributed by atoms with van der Waals surface area (Å²) in [7, 11) is 1.37. The van der Waals surface area contributed by atoms with Gasteiger partial charge in [0.1, 0.15) is 0 Å². The van der Waals surface area contributed by atoms with Crippen LogP contribution in [0, 0.1) is 5.92 Å². The number of carbonyl (C=O) groups excluding carboxylic acids is 1. The fraction of sp³-hybridized carbons (Fsp3) is 0.385. The summed E-state index contributed by atoms with van der Waals surface area (Å²) >= 11 is 3.41. The normalized spacial score (nSPS) is 11.2. The van der Waals surface area contributed by atoms with E-state index in [1.165, 1.54) is 7.11 Å². The van der Waals surface area contributed by atoms with Crippen LogP contribution >= 0.6 is 15.9 Å². The van der Waals surface area contributed by atoms with Crippen molar-refractivity contribution in [2.75, 3.05) is 7.11 Å². The minimum Gasteiger partial charge on any atom is -0.464 e. The highest BCUT2D eigenvalue weighted by molar-refractivity contribution is 9.10. The van der Waals surface area contributed by atoms with E-state index in [9.17, 15) is 4.79 Å². The molecule has 0 aliphatic rings. The zero-order chi connectivity index (χ0) is 13.3. The topological polar surface area (TPSA) is 44.1 Å². The summed E-state index contributed by atoms with van der Waals surface area (Å²) in [6.07, 6.45) is 0. The van der Waals surface area contributed by atoms with Crippen molar-refractivity contribution in [3.63, 3.8) is 0 Å². The Morgan fingerprint density at radius 3 is 2.83 bits per heavy atom. The fourth-order valence-electron chi connectivity index (χ4n) is 1.88. The second-order valence-electron chi connectivity index (χ2n) is 4.58. The molecular weight excluding hydrogens is 296 g/mol. The number of ether oxygens (including phenoxy) is 1. The molecule has 1 aromatic heterocycles. The molecule has 96 valence electrons. The third-order valence-electron chi connectivity index (χ3n) is 2.63. The lowest BCUT2D eigenvalue weighted by Gasteiger charge is -2.05. The van der Waals surface area contributed by atoms with Gasteiger partial charge < -0.3 is 4.74 Å².